The molecule has 0 amide bonds. The average molecular weight is 305 g/mol. The van der Waals surface area contributed by atoms with Gasteiger partial charge in [-0.2, -0.15) is 0 Å². The van der Waals surface area contributed by atoms with Crippen LogP contribution >= 0.6 is 15.9 Å². The molecule has 2 aromatic rings. The van der Waals surface area contributed by atoms with E-state index in [4.69, 9.17) is 0 Å². The minimum Gasteiger partial charge on any atom is -0.381 e. The zero-order valence-electron chi connectivity index (χ0n) is 10.7. The van der Waals surface area contributed by atoms with E-state index in [-0.39, 0.29) is 0 Å². The summed E-state index contributed by atoms with van der Waals surface area (Å²) in [5, 5.41) is 3.41. The third kappa shape index (κ3) is 3.50. The van der Waals surface area contributed by atoms with Gasteiger partial charge in [-0.3, -0.25) is 0 Å². The SMILES string of the molecule is CN(C)c1ccc(NCc2ccc(Br)cc2)cc1. The van der Waals surface area contributed by atoms with E-state index in [0.717, 1.165) is 16.7 Å². The Morgan fingerprint density at radius 2 is 1.56 bits per heavy atom. The number of nitrogens with zero attached hydrogens (tertiary/aromatic N) is 1. The van der Waals surface area contributed by atoms with E-state index in [2.05, 4.69) is 74.7 Å². The topological polar surface area (TPSA) is 15.3 Å². The van der Waals surface area contributed by atoms with Gasteiger partial charge in [0.2, 0.25) is 0 Å². The normalized spacial score (nSPS) is 10.2. The Balaban J connectivity index is 1.95. The number of hydrogen-bond donors (Lipinski definition) is 1. The van der Waals surface area contributed by atoms with Crippen LogP contribution in [-0.4, -0.2) is 14.1 Å². The van der Waals surface area contributed by atoms with E-state index in [9.17, 15) is 0 Å². The van der Waals surface area contributed by atoms with Gasteiger partial charge in [0.1, 0.15) is 0 Å². The molecule has 0 unspecified atom stereocenters. The smallest absolute Gasteiger partial charge is 0.0400 e. The molecule has 0 aromatic heterocycles. The summed E-state index contributed by atoms with van der Waals surface area (Å²) in [4.78, 5) is 2.10. The van der Waals surface area contributed by atoms with Crippen LogP contribution in [-0.2, 0) is 6.54 Å². The molecule has 0 aliphatic carbocycles. The van der Waals surface area contributed by atoms with Gasteiger partial charge in [0.15, 0.2) is 0 Å². The molecule has 0 spiro atoms. The number of hydrogen-bond acceptors (Lipinski definition) is 2. The third-order valence-electron chi connectivity index (χ3n) is 2.79. The van der Waals surface area contributed by atoms with Gasteiger partial charge in [0.05, 0.1) is 0 Å². The van der Waals surface area contributed by atoms with Crippen LogP contribution in [0.3, 0.4) is 0 Å². The fourth-order valence-corrected chi connectivity index (χ4v) is 1.95. The van der Waals surface area contributed by atoms with Gasteiger partial charge in [-0.25, -0.2) is 0 Å². The van der Waals surface area contributed by atoms with Crippen LogP contribution < -0.4 is 10.2 Å². The lowest BCUT2D eigenvalue weighted by Crippen LogP contribution is -2.08. The highest BCUT2D eigenvalue weighted by Gasteiger charge is 1.97. The maximum absolute atomic E-state index is 3.44. The molecule has 0 atom stereocenters. The highest BCUT2D eigenvalue weighted by atomic mass is 79.9. The van der Waals surface area contributed by atoms with Crippen LogP contribution in [0, 0.1) is 0 Å². The van der Waals surface area contributed by atoms with Crippen molar-refractivity contribution in [2.24, 2.45) is 0 Å². The predicted molar refractivity (Wildman–Crippen MR) is 82.2 cm³/mol. The summed E-state index contributed by atoms with van der Waals surface area (Å²) >= 11 is 3.44. The maximum Gasteiger partial charge on any atom is 0.0400 e. The predicted octanol–water partition coefficient (Wildman–Crippen LogP) is 4.13. The maximum atomic E-state index is 3.44. The molecule has 0 heterocycles. The molecule has 2 rings (SSSR count). The quantitative estimate of drug-likeness (QED) is 0.914. The lowest BCUT2D eigenvalue weighted by atomic mass is 10.2. The van der Waals surface area contributed by atoms with E-state index in [1.807, 2.05) is 14.1 Å². The molecule has 94 valence electrons. The van der Waals surface area contributed by atoms with Crippen molar-refractivity contribution in [2.45, 2.75) is 6.54 Å². The van der Waals surface area contributed by atoms with Crippen molar-refractivity contribution in [1.29, 1.82) is 0 Å². The van der Waals surface area contributed by atoms with E-state index >= 15 is 0 Å². The number of anilines is 2. The zero-order chi connectivity index (χ0) is 13.0. The largest absolute Gasteiger partial charge is 0.381 e. The molecule has 0 fully saturated rings. The Morgan fingerprint density at radius 3 is 2.11 bits per heavy atom. The zero-order valence-corrected chi connectivity index (χ0v) is 12.2. The molecule has 1 N–H and O–H groups in total. The van der Waals surface area contributed by atoms with Crippen molar-refractivity contribution in [3.63, 3.8) is 0 Å². The second-order valence-corrected chi connectivity index (χ2v) is 5.34. The van der Waals surface area contributed by atoms with Crippen molar-refractivity contribution in [3.8, 4) is 0 Å². The van der Waals surface area contributed by atoms with Crippen molar-refractivity contribution in [1.82, 2.24) is 0 Å². The van der Waals surface area contributed by atoms with Gasteiger partial charge in [-0.05, 0) is 42.0 Å². The third-order valence-corrected chi connectivity index (χ3v) is 3.32. The Morgan fingerprint density at radius 1 is 0.944 bits per heavy atom. The average Bonchev–Trinajstić information content (AvgIpc) is 2.38. The summed E-state index contributed by atoms with van der Waals surface area (Å²) in [6, 6.07) is 16.8. The first-order valence-corrected chi connectivity index (χ1v) is 6.70. The summed E-state index contributed by atoms with van der Waals surface area (Å²) in [6.07, 6.45) is 0. The van der Waals surface area contributed by atoms with Crippen LogP contribution in [0.4, 0.5) is 11.4 Å². The van der Waals surface area contributed by atoms with E-state index in [1.54, 1.807) is 0 Å². The minimum atomic E-state index is 0.842. The molecule has 0 saturated carbocycles. The van der Waals surface area contributed by atoms with Crippen LogP contribution in [0.1, 0.15) is 5.56 Å². The van der Waals surface area contributed by atoms with Crippen LogP contribution in [0.2, 0.25) is 0 Å². The summed E-state index contributed by atoms with van der Waals surface area (Å²) in [5.41, 5.74) is 3.63. The molecule has 3 heteroatoms. The second kappa shape index (κ2) is 5.91. The molecule has 18 heavy (non-hydrogen) atoms. The molecule has 2 aromatic carbocycles. The fourth-order valence-electron chi connectivity index (χ4n) is 1.68. The Bertz CT molecular complexity index is 489. The van der Waals surface area contributed by atoms with Gasteiger partial charge in [-0.1, -0.05) is 28.1 Å². The van der Waals surface area contributed by atoms with Crippen LogP contribution in [0.15, 0.2) is 53.0 Å². The molecular weight excluding hydrogens is 288 g/mol. The minimum absolute atomic E-state index is 0.842. The Kier molecular flexibility index (Phi) is 4.26. The molecule has 0 saturated heterocycles. The standard InChI is InChI=1S/C15H17BrN2/c1-18(2)15-9-7-14(8-10-15)17-11-12-3-5-13(16)6-4-12/h3-10,17H,11H2,1-2H3. The molecular formula is C15H17BrN2. The Hall–Kier alpha value is -1.48. The van der Waals surface area contributed by atoms with Gasteiger partial charge in [0, 0.05) is 36.5 Å². The monoisotopic (exact) mass is 304 g/mol. The molecule has 2 nitrogen and oxygen atoms in total. The number of rotatable bonds is 4. The number of nitrogens with one attached hydrogen (secondary N) is 1. The lowest BCUT2D eigenvalue weighted by molar-refractivity contribution is 1.12. The summed E-state index contributed by atoms with van der Waals surface area (Å²) < 4.78 is 1.11. The summed E-state index contributed by atoms with van der Waals surface area (Å²) in [6.45, 7) is 0.842. The van der Waals surface area contributed by atoms with Crippen molar-refractivity contribution < 1.29 is 0 Å². The van der Waals surface area contributed by atoms with Gasteiger partial charge in [0.25, 0.3) is 0 Å². The highest BCUT2D eigenvalue weighted by Crippen LogP contribution is 2.17. The second-order valence-electron chi connectivity index (χ2n) is 4.42. The first-order chi connectivity index (χ1) is 8.65. The van der Waals surface area contributed by atoms with E-state index in [0.29, 0.717) is 0 Å². The van der Waals surface area contributed by atoms with E-state index < -0.39 is 0 Å². The molecule has 0 radical (unpaired) electrons. The van der Waals surface area contributed by atoms with Crippen molar-refractivity contribution in [2.75, 3.05) is 24.3 Å². The highest BCUT2D eigenvalue weighted by molar-refractivity contribution is 9.10. The van der Waals surface area contributed by atoms with Crippen LogP contribution in [0.25, 0.3) is 0 Å². The molecule has 0 aliphatic heterocycles. The van der Waals surface area contributed by atoms with Gasteiger partial charge >= 0.3 is 0 Å². The molecule has 0 bridgehead atoms. The summed E-state index contributed by atoms with van der Waals surface area (Å²) in [5.74, 6) is 0. The molecule has 0 aliphatic rings. The van der Waals surface area contributed by atoms with Gasteiger partial charge < -0.3 is 10.2 Å². The van der Waals surface area contributed by atoms with Crippen LogP contribution in [0.5, 0.6) is 0 Å². The van der Waals surface area contributed by atoms with Gasteiger partial charge in [-0.15, -0.1) is 0 Å². The number of benzene rings is 2. The Labute approximate surface area is 117 Å². The van der Waals surface area contributed by atoms with Crippen molar-refractivity contribution in [3.05, 3.63) is 58.6 Å². The van der Waals surface area contributed by atoms with Crippen molar-refractivity contribution >= 4 is 27.3 Å². The first-order valence-electron chi connectivity index (χ1n) is 5.91. The van der Waals surface area contributed by atoms with E-state index in [1.165, 1.54) is 11.3 Å². The number of halogens is 1. The lowest BCUT2D eigenvalue weighted by Gasteiger charge is -2.13. The first kappa shape index (κ1) is 13.0. The summed E-state index contributed by atoms with van der Waals surface area (Å²) in [7, 11) is 4.09. The fraction of sp³-hybridized carbons (Fsp3) is 0.200.